The average molecular weight is 626 g/mol. The van der Waals surface area contributed by atoms with E-state index in [4.69, 9.17) is 0 Å². The van der Waals surface area contributed by atoms with Crippen molar-refractivity contribution < 1.29 is 18.0 Å². The van der Waals surface area contributed by atoms with E-state index in [0.717, 1.165) is 35.1 Å². The maximum absolute atomic E-state index is 14.6. The van der Waals surface area contributed by atoms with Gasteiger partial charge in [-0.15, -0.1) is 0 Å². The number of hydrogen-bond donors (Lipinski definition) is 1. The molecule has 0 saturated carbocycles. The molecule has 1 N–H and O–H groups in total. The van der Waals surface area contributed by atoms with Crippen LogP contribution in [0.15, 0.2) is 114 Å². The zero-order valence-electron chi connectivity index (χ0n) is 26.4. The van der Waals surface area contributed by atoms with Crippen LogP contribution in [-0.4, -0.2) is 44.3 Å². The molecule has 2 amide bonds. The number of amides is 2. The zero-order valence-corrected chi connectivity index (χ0v) is 27.2. The van der Waals surface area contributed by atoms with Gasteiger partial charge in [0.2, 0.25) is 11.8 Å². The highest BCUT2D eigenvalue weighted by Crippen LogP contribution is 2.28. The van der Waals surface area contributed by atoms with E-state index in [1.807, 2.05) is 80.6 Å². The summed E-state index contributed by atoms with van der Waals surface area (Å²) in [4.78, 5) is 30.1. The fourth-order valence-electron chi connectivity index (χ4n) is 5.35. The number of unbranched alkanes of at least 4 members (excludes halogenated alkanes) is 1. The molecule has 0 spiro atoms. The highest BCUT2D eigenvalue weighted by Gasteiger charge is 2.35. The summed E-state index contributed by atoms with van der Waals surface area (Å²) in [5, 5.41) is 3.03. The summed E-state index contributed by atoms with van der Waals surface area (Å²) >= 11 is 0. The molecule has 4 aromatic carbocycles. The van der Waals surface area contributed by atoms with Crippen molar-refractivity contribution in [3.8, 4) is 0 Å². The first-order valence-electron chi connectivity index (χ1n) is 15.6. The summed E-state index contributed by atoms with van der Waals surface area (Å²) in [6, 6.07) is 31.9. The van der Waals surface area contributed by atoms with Gasteiger partial charge >= 0.3 is 0 Å². The van der Waals surface area contributed by atoms with E-state index in [0.29, 0.717) is 18.7 Å². The van der Waals surface area contributed by atoms with E-state index < -0.39 is 28.5 Å². The molecule has 0 unspecified atom stereocenters. The van der Waals surface area contributed by atoms with E-state index >= 15 is 0 Å². The van der Waals surface area contributed by atoms with Gasteiger partial charge in [0.15, 0.2) is 0 Å². The van der Waals surface area contributed by atoms with Crippen molar-refractivity contribution in [3.63, 3.8) is 0 Å². The monoisotopic (exact) mass is 625 g/mol. The molecule has 0 heterocycles. The molecule has 0 bridgehead atoms. The predicted octanol–water partition coefficient (Wildman–Crippen LogP) is 6.31. The van der Waals surface area contributed by atoms with Crippen LogP contribution in [0.1, 0.15) is 48.9 Å². The first kappa shape index (κ1) is 33.5. The number of carbonyl (C=O) groups is 2. The van der Waals surface area contributed by atoms with Crippen molar-refractivity contribution in [2.75, 3.05) is 17.4 Å². The summed E-state index contributed by atoms with van der Waals surface area (Å²) in [5.74, 6) is -0.728. The Morgan fingerprint density at radius 2 is 1.44 bits per heavy atom. The number of nitrogens with zero attached hydrogens (tertiary/aromatic N) is 2. The van der Waals surface area contributed by atoms with Crippen molar-refractivity contribution >= 4 is 27.5 Å². The molecule has 0 aliphatic heterocycles. The molecule has 4 rings (SSSR count). The molecule has 0 aliphatic rings. The molecule has 7 nitrogen and oxygen atoms in total. The summed E-state index contributed by atoms with van der Waals surface area (Å²) in [7, 11) is -4.13. The second kappa shape index (κ2) is 16.0. The van der Waals surface area contributed by atoms with E-state index in [-0.39, 0.29) is 23.8 Å². The normalized spacial score (nSPS) is 11.9. The molecule has 45 heavy (non-hydrogen) atoms. The SMILES string of the molecule is CCCCNC(=O)[C@@H](Cc1ccccc1)N(Cc1cccc(C)c1)C(=O)CN(c1ccccc1CC)S(=O)(=O)c1ccccc1. The van der Waals surface area contributed by atoms with Crippen LogP contribution in [0.25, 0.3) is 0 Å². The van der Waals surface area contributed by atoms with Crippen molar-refractivity contribution in [1.82, 2.24) is 10.2 Å². The lowest BCUT2D eigenvalue weighted by Gasteiger charge is -2.34. The molecule has 1 atom stereocenters. The Bertz CT molecular complexity index is 1660. The third-order valence-electron chi connectivity index (χ3n) is 7.79. The van der Waals surface area contributed by atoms with Crippen molar-refractivity contribution in [3.05, 3.63) is 131 Å². The van der Waals surface area contributed by atoms with Gasteiger partial charge < -0.3 is 10.2 Å². The minimum atomic E-state index is -4.13. The maximum atomic E-state index is 14.6. The Morgan fingerprint density at radius 3 is 2.11 bits per heavy atom. The molecule has 0 saturated heterocycles. The number of carbonyl (C=O) groups excluding carboxylic acids is 2. The quantitative estimate of drug-likeness (QED) is 0.157. The number of para-hydroxylation sites is 1. The maximum Gasteiger partial charge on any atom is 0.264 e. The Morgan fingerprint density at radius 1 is 0.800 bits per heavy atom. The van der Waals surface area contributed by atoms with Gasteiger partial charge in [-0.05, 0) is 54.7 Å². The lowest BCUT2D eigenvalue weighted by atomic mass is 10.0. The largest absolute Gasteiger partial charge is 0.354 e. The van der Waals surface area contributed by atoms with Crippen molar-refractivity contribution in [2.24, 2.45) is 0 Å². The van der Waals surface area contributed by atoms with Crippen LogP contribution in [0, 0.1) is 6.92 Å². The number of rotatable bonds is 15. The van der Waals surface area contributed by atoms with Gasteiger partial charge in [0.05, 0.1) is 10.6 Å². The summed E-state index contributed by atoms with van der Waals surface area (Å²) in [5.41, 5.74) is 4.03. The number of sulfonamides is 1. The lowest BCUT2D eigenvalue weighted by molar-refractivity contribution is -0.140. The minimum Gasteiger partial charge on any atom is -0.354 e. The molecular formula is C37H43N3O4S. The molecule has 0 radical (unpaired) electrons. The Labute approximate surface area is 268 Å². The van der Waals surface area contributed by atoms with Gasteiger partial charge in [0, 0.05) is 19.5 Å². The lowest BCUT2D eigenvalue weighted by Crippen LogP contribution is -2.53. The molecule has 8 heteroatoms. The second-order valence-corrected chi connectivity index (χ2v) is 13.0. The fourth-order valence-corrected chi connectivity index (χ4v) is 6.83. The zero-order chi connectivity index (χ0) is 32.2. The topological polar surface area (TPSA) is 86.8 Å². The van der Waals surface area contributed by atoms with Crippen LogP contribution in [0.2, 0.25) is 0 Å². The van der Waals surface area contributed by atoms with Gasteiger partial charge in [-0.1, -0.05) is 117 Å². The molecule has 0 fully saturated rings. The number of anilines is 1. The number of hydrogen-bond acceptors (Lipinski definition) is 4. The minimum absolute atomic E-state index is 0.0899. The molecule has 236 valence electrons. The Hall–Kier alpha value is -4.43. The highest BCUT2D eigenvalue weighted by molar-refractivity contribution is 7.92. The van der Waals surface area contributed by atoms with Crippen LogP contribution < -0.4 is 9.62 Å². The second-order valence-electron chi connectivity index (χ2n) is 11.2. The van der Waals surface area contributed by atoms with Crippen molar-refractivity contribution in [1.29, 1.82) is 0 Å². The third kappa shape index (κ3) is 8.82. The number of benzene rings is 4. The first-order chi connectivity index (χ1) is 21.7. The molecule has 0 aliphatic carbocycles. The van der Waals surface area contributed by atoms with Gasteiger partial charge in [0.25, 0.3) is 10.0 Å². The Balaban J connectivity index is 1.81. The third-order valence-corrected chi connectivity index (χ3v) is 9.56. The number of aryl methyl sites for hydroxylation is 2. The number of nitrogens with one attached hydrogen (secondary N) is 1. The van der Waals surface area contributed by atoms with E-state index in [1.54, 1.807) is 35.2 Å². The van der Waals surface area contributed by atoms with Crippen LogP contribution in [-0.2, 0) is 39.0 Å². The molecule has 4 aromatic rings. The highest BCUT2D eigenvalue weighted by atomic mass is 32.2. The van der Waals surface area contributed by atoms with E-state index in [1.165, 1.54) is 16.4 Å². The van der Waals surface area contributed by atoms with Crippen molar-refractivity contribution in [2.45, 2.75) is 63.9 Å². The van der Waals surface area contributed by atoms with Crippen LogP contribution >= 0.6 is 0 Å². The predicted molar refractivity (Wildman–Crippen MR) is 180 cm³/mol. The summed E-state index contributed by atoms with van der Waals surface area (Å²) in [6.07, 6.45) is 2.59. The Kier molecular flexibility index (Phi) is 11.9. The van der Waals surface area contributed by atoms with Crippen LogP contribution in [0.3, 0.4) is 0 Å². The van der Waals surface area contributed by atoms with Gasteiger partial charge in [-0.2, -0.15) is 0 Å². The van der Waals surface area contributed by atoms with Gasteiger partial charge in [-0.3, -0.25) is 13.9 Å². The van der Waals surface area contributed by atoms with Gasteiger partial charge in [0.1, 0.15) is 12.6 Å². The summed E-state index contributed by atoms with van der Waals surface area (Å²) in [6.45, 7) is 6.16. The fraction of sp³-hybridized carbons (Fsp3) is 0.297. The summed E-state index contributed by atoms with van der Waals surface area (Å²) < 4.78 is 29.6. The van der Waals surface area contributed by atoms with E-state index in [2.05, 4.69) is 12.2 Å². The van der Waals surface area contributed by atoms with Gasteiger partial charge in [-0.25, -0.2) is 8.42 Å². The van der Waals surface area contributed by atoms with Crippen LogP contribution in [0.5, 0.6) is 0 Å². The average Bonchev–Trinajstić information content (AvgIpc) is 3.06. The van der Waals surface area contributed by atoms with Crippen LogP contribution in [0.4, 0.5) is 5.69 Å². The van der Waals surface area contributed by atoms with E-state index in [9.17, 15) is 18.0 Å². The molecular weight excluding hydrogens is 582 g/mol. The first-order valence-corrected chi connectivity index (χ1v) is 17.0. The molecule has 0 aromatic heterocycles. The standard InChI is InChI=1S/C37H43N3O4S/c1-4-6-24-38-37(42)35(26-30-17-9-7-10-18-30)39(27-31-19-15-16-29(3)25-31)36(41)28-40(34-23-14-13-20-32(34)5-2)45(43,44)33-21-11-8-12-22-33/h7-23,25,35H,4-6,24,26-28H2,1-3H3,(H,38,42)/t35-/m1/s1. The smallest absolute Gasteiger partial charge is 0.264 e.